The summed E-state index contributed by atoms with van der Waals surface area (Å²) in [5.74, 6) is -0.799. The fourth-order valence-electron chi connectivity index (χ4n) is 3.07. The van der Waals surface area contributed by atoms with E-state index in [0.29, 0.717) is 0 Å². The van der Waals surface area contributed by atoms with Crippen molar-refractivity contribution in [3.05, 3.63) is 80.0 Å². The number of benzene rings is 2. The number of hydrogen-bond donors (Lipinski definition) is 3. The topological polar surface area (TPSA) is 113 Å². The molecule has 3 N–H and O–H groups in total. The summed E-state index contributed by atoms with van der Waals surface area (Å²) in [5.41, 5.74) is -1.19. The van der Waals surface area contributed by atoms with Crippen molar-refractivity contribution in [2.24, 2.45) is 0 Å². The number of carbonyl (C=O) groups is 2. The summed E-state index contributed by atoms with van der Waals surface area (Å²) in [7, 11) is 0. The van der Waals surface area contributed by atoms with E-state index >= 15 is 0 Å². The van der Waals surface area contributed by atoms with Gasteiger partial charge in [0.05, 0.1) is 22.1 Å². The summed E-state index contributed by atoms with van der Waals surface area (Å²) in [4.78, 5) is 35.3. The lowest BCUT2D eigenvalue weighted by molar-refractivity contribution is -0.384. The Hall–Kier alpha value is -3.60. The van der Waals surface area contributed by atoms with Crippen molar-refractivity contribution in [2.75, 3.05) is 5.32 Å². The van der Waals surface area contributed by atoms with E-state index in [0.717, 1.165) is 24.3 Å². The number of amides is 3. The fraction of sp³-hybridized carbons (Fsp3) is 0.158. The number of nitro benzene ring substituents is 1. The number of nitrogens with one attached hydrogen (secondary N) is 3. The Labute approximate surface area is 178 Å². The third-order valence-corrected chi connectivity index (χ3v) is 4.78. The monoisotopic (exact) mass is 454 g/mol. The van der Waals surface area contributed by atoms with Crippen LogP contribution in [0, 0.1) is 10.1 Å². The van der Waals surface area contributed by atoms with Crippen LogP contribution in [0.5, 0.6) is 0 Å². The lowest BCUT2D eigenvalue weighted by Crippen LogP contribution is -2.46. The molecule has 3 amide bonds. The Morgan fingerprint density at radius 2 is 1.94 bits per heavy atom. The van der Waals surface area contributed by atoms with Crippen LogP contribution in [0.15, 0.2) is 53.7 Å². The highest BCUT2D eigenvalue weighted by atomic mass is 35.5. The smallest absolute Gasteiger partial charge is 0.327 e. The molecule has 0 bridgehead atoms. The summed E-state index contributed by atoms with van der Waals surface area (Å²) >= 11 is 5.82. The van der Waals surface area contributed by atoms with Gasteiger partial charge in [-0.05, 0) is 36.8 Å². The minimum absolute atomic E-state index is 0.0337. The molecule has 3 rings (SSSR count). The van der Waals surface area contributed by atoms with Crippen LogP contribution in [-0.4, -0.2) is 16.9 Å². The molecule has 1 aliphatic heterocycles. The maximum Gasteiger partial charge on any atom is 0.416 e. The van der Waals surface area contributed by atoms with E-state index in [1.807, 2.05) is 0 Å². The van der Waals surface area contributed by atoms with E-state index in [1.54, 1.807) is 0 Å². The summed E-state index contributed by atoms with van der Waals surface area (Å²) < 4.78 is 38.8. The molecular weight excluding hydrogens is 441 g/mol. The minimum atomic E-state index is -4.60. The molecule has 0 aliphatic carbocycles. The van der Waals surface area contributed by atoms with Gasteiger partial charge in [-0.25, -0.2) is 4.79 Å². The van der Waals surface area contributed by atoms with Gasteiger partial charge in [-0.3, -0.25) is 14.9 Å². The first-order valence-electron chi connectivity index (χ1n) is 8.68. The Balaban J connectivity index is 1.98. The fourth-order valence-corrected chi connectivity index (χ4v) is 3.25. The van der Waals surface area contributed by atoms with E-state index in [2.05, 4.69) is 16.0 Å². The van der Waals surface area contributed by atoms with Gasteiger partial charge in [0, 0.05) is 17.5 Å². The van der Waals surface area contributed by atoms with E-state index < -0.39 is 40.3 Å². The zero-order valence-electron chi connectivity index (χ0n) is 15.7. The maximum atomic E-state index is 12.9. The highest BCUT2D eigenvalue weighted by Crippen LogP contribution is 2.34. The van der Waals surface area contributed by atoms with Crippen molar-refractivity contribution < 1.29 is 27.7 Å². The molecule has 31 heavy (non-hydrogen) atoms. The maximum absolute atomic E-state index is 12.9. The lowest BCUT2D eigenvalue weighted by Gasteiger charge is -2.28. The van der Waals surface area contributed by atoms with Crippen molar-refractivity contribution in [2.45, 2.75) is 19.1 Å². The van der Waals surface area contributed by atoms with Gasteiger partial charge in [-0.2, -0.15) is 13.2 Å². The zero-order chi connectivity index (χ0) is 22.9. The van der Waals surface area contributed by atoms with E-state index in [-0.39, 0.29) is 27.5 Å². The molecule has 1 atom stereocenters. The van der Waals surface area contributed by atoms with Gasteiger partial charge in [0.2, 0.25) is 0 Å². The molecule has 0 spiro atoms. The summed E-state index contributed by atoms with van der Waals surface area (Å²) in [6, 6.07) is 6.05. The molecule has 8 nitrogen and oxygen atoms in total. The zero-order valence-corrected chi connectivity index (χ0v) is 16.5. The average Bonchev–Trinajstić information content (AvgIpc) is 2.67. The minimum Gasteiger partial charge on any atom is -0.327 e. The Morgan fingerprint density at radius 3 is 2.58 bits per heavy atom. The molecule has 1 heterocycles. The molecule has 12 heteroatoms. The third-order valence-electron chi connectivity index (χ3n) is 4.46. The number of allylic oxidation sites excluding steroid dienone is 1. The molecule has 162 valence electrons. The standard InChI is InChI=1S/C19H14ClF3N4O4/c1-9-15(17(28)25-12-4-2-3-11(8-12)19(21,22)23)16(26-18(29)24-9)10-5-6-13(20)14(7-10)27(30)31/h2-8,16H,1H3,(H,25,28)(H2,24,26,29)/t16-/m1/s1. The molecule has 0 saturated carbocycles. The van der Waals surface area contributed by atoms with Crippen molar-refractivity contribution in [1.82, 2.24) is 10.6 Å². The van der Waals surface area contributed by atoms with Gasteiger partial charge in [-0.15, -0.1) is 0 Å². The van der Waals surface area contributed by atoms with Crippen LogP contribution in [0.2, 0.25) is 5.02 Å². The Morgan fingerprint density at radius 1 is 1.23 bits per heavy atom. The number of nitrogens with zero attached hydrogens (tertiary/aromatic N) is 1. The normalized spacial score (nSPS) is 16.4. The van der Waals surface area contributed by atoms with Crippen LogP contribution in [0.4, 0.5) is 29.3 Å². The highest BCUT2D eigenvalue weighted by molar-refractivity contribution is 6.32. The molecule has 0 radical (unpaired) electrons. The first-order chi connectivity index (χ1) is 14.5. The molecule has 0 aromatic heterocycles. The largest absolute Gasteiger partial charge is 0.416 e. The van der Waals surface area contributed by atoms with Crippen LogP contribution in [0.25, 0.3) is 0 Å². The van der Waals surface area contributed by atoms with Crippen LogP contribution in [-0.2, 0) is 11.0 Å². The van der Waals surface area contributed by atoms with Crippen molar-refractivity contribution in [3.63, 3.8) is 0 Å². The van der Waals surface area contributed by atoms with Gasteiger partial charge in [0.25, 0.3) is 11.6 Å². The number of alkyl halides is 3. The van der Waals surface area contributed by atoms with Gasteiger partial charge in [0.15, 0.2) is 0 Å². The summed E-state index contributed by atoms with van der Waals surface area (Å²) in [6.07, 6.45) is -4.60. The van der Waals surface area contributed by atoms with Crippen molar-refractivity contribution >= 4 is 34.9 Å². The predicted molar refractivity (Wildman–Crippen MR) is 105 cm³/mol. The van der Waals surface area contributed by atoms with E-state index in [4.69, 9.17) is 11.6 Å². The van der Waals surface area contributed by atoms with Crippen LogP contribution >= 0.6 is 11.6 Å². The summed E-state index contributed by atoms with van der Waals surface area (Å²) in [6.45, 7) is 1.43. The van der Waals surface area contributed by atoms with Gasteiger partial charge in [0.1, 0.15) is 5.02 Å². The molecule has 2 aromatic carbocycles. The number of hydrogen-bond acceptors (Lipinski definition) is 4. The number of anilines is 1. The van der Waals surface area contributed by atoms with E-state index in [9.17, 15) is 32.9 Å². The first kappa shape index (κ1) is 22.1. The van der Waals surface area contributed by atoms with Crippen molar-refractivity contribution in [3.8, 4) is 0 Å². The SMILES string of the molecule is CC1=C(C(=O)Nc2cccc(C(F)(F)F)c2)[C@@H](c2ccc(Cl)c([N+](=O)[O-])c2)NC(=O)N1. The molecule has 0 unspecified atom stereocenters. The number of urea groups is 1. The molecule has 2 aromatic rings. The first-order valence-corrected chi connectivity index (χ1v) is 9.06. The van der Waals surface area contributed by atoms with Crippen LogP contribution in [0.1, 0.15) is 24.1 Å². The number of carbonyl (C=O) groups excluding carboxylic acids is 2. The van der Waals surface area contributed by atoms with Crippen LogP contribution in [0.3, 0.4) is 0 Å². The van der Waals surface area contributed by atoms with E-state index in [1.165, 1.54) is 25.1 Å². The number of rotatable bonds is 4. The number of nitro groups is 1. The predicted octanol–water partition coefficient (Wildman–Crippen LogP) is 4.53. The lowest BCUT2D eigenvalue weighted by atomic mass is 9.94. The highest BCUT2D eigenvalue weighted by Gasteiger charge is 2.33. The quantitative estimate of drug-likeness (QED) is 0.465. The summed E-state index contributed by atoms with van der Waals surface area (Å²) in [5, 5.41) is 18.3. The second-order valence-electron chi connectivity index (χ2n) is 6.57. The molecule has 0 saturated heterocycles. The third kappa shape index (κ3) is 4.77. The number of halogens is 4. The Bertz CT molecular complexity index is 1120. The van der Waals surface area contributed by atoms with Crippen molar-refractivity contribution in [1.29, 1.82) is 0 Å². The molecular formula is C19H14ClF3N4O4. The van der Waals surface area contributed by atoms with Gasteiger partial charge < -0.3 is 16.0 Å². The average molecular weight is 455 g/mol. The van der Waals surface area contributed by atoms with Gasteiger partial charge >= 0.3 is 12.2 Å². The second kappa shape index (κ2) is 8.26. The molecule has 0 fully saturated rings. The van der Waals surface area contributed by atoms with Gasteiger partial charge in [-0.1, -0.05) is 23.7 Å². The second-order valence-corrected chi connectivity index (χ2v) is 6.98. The molecule has 1 aliphatic rings. The Kier molecular flexibility index (Phi) is 5.89. The van der Waals surface area contributed by atoms with Crippen LogP contribution < -0.4 is 16.0 Å².